The van der Waals surface area contributed by atoms with Crippen molar-refractivity contribution in [1.29, 1.82) is 0 Å². The second-order valence-electron chi connectivity index (χ2n) is 4.29. The van der Waals surface area contributed by atoms with Crippen molar-refractivity contribution in [3.8, 4) is 0 Å². The molecule has 1 rings (SSSR count). The molecule has 0 saturated heterocycles. The van der Waals surface area contributed by atoms with Crippen LogP contribution in [0.5, 0.6) is 0 Å². The van der Waals surface area contributed by atoms with Gasteiger partial charge in [0.15, 0.2) is 0 Å². The monoisotopic (exact) mass is 303 g/mol. The van der Waals surface area contributed by atoms with Gasteiger partial charge in [-0.3, -0.25) is 4.79 Å². The molecule has 5 heteroatoms. The van der Waals surface area contributed by atoms with E-state index < -0.39 is 0 Å². The van der Waals surface area contributed by atoms with Crippen LogP contribution in [0.25, 0.3) is 0 Å². The van der Waals surface area contributed by atoms with Crippen LogP contribution in [0.2, 0.25) is 10.0 Å². The van der Waals surface area contributed by atoms with E-state index in [1.54, 1.807) is 23.1 Å². The van der Waals surface area contributed by atoms with Crippen molar-refractivity contribution in [2.75, 3.05) is 13.2 Å². The van der Waals surface area contributed by atoms with E-state index in [4.69, 9.17) is 28.3 Å². The largest absolute Gasteiger partial charge is 0.395 e. The number of aliphatic hydroxyl groups is 1. The molecular weight excluding hydrogens is 285 g/mol. The molecule has 0 aliphatic carbocycles. The summed E-state index contributed by atoms with van der Waals surface area (Å²) < 4.78 is 0. The van der Waals surface area contributed by atoms with Crippen molar-refractivity contribution in [2.24, 2.45) is 0 Å². The molecule has 1 aromatic carbocycles. The van der Waals surface area contributed by atoms with Crippen LogP contribution in [-0.4, -0.2) is 35.1 Å². The van der Waals surface area contributed by atoms with Crippen LogP contribution >= 0.6 is 23.2 Å². The summed E-state index contributed by atoms with van der Waals surface area (Å²) in [6.45, 7) is 4.23. The highest BCUT2D eigenvalue weighted by Crippen LogP contribution is 2.27. The van der Waals surface area contributed by atoms with Crippen LogP contribution in [0, 0.1) is 0 Å². The highest BCUT2D eigenvalue weighted by Gasteiger charge is 2.25. The summed E-state index contributed by atoms with van der Waals surface area (Å²) >= 11 is 12.1. The minimum absolute atomic E-state index is 0.0759. The topological polar surface area (TPSA) is 40.5 Å². The van der Waals surface area contributed by atoms with Gasteiger partial charge < -0.3 is 10.0 Å². The lowest BCUT2D eigenvalue weighted by molar-refractivity contribution is 0.0622. The molecule has 0 unspecified atom stereocenters. The van der Waals surface area contributed by atoms with E-state index in [0.29, 0.717) is 15.6 Å². The summed E-state index contributed by atoms with van der Waals surface area (Å²) in [5.41, 5.74) is 0.311. The minimum Gasteiger partial charge on any atom is -0.395 e. The lowest BCUT2D eigenvalue weighted by atomic mass is 10.1. The molecule has 0 aliphatic rings. The summed E-state index contributed by atoms with van der Waals surface area (Å²) in [7, 11) is 0. The summed E-state index contributed by atoms with van der Waals surface area (Å²) in [5.74, 6) is -0.224. The fourth-order valence-corrected chi connectivity index (χ4v) is 2.69. The quantitative estimate of drug-likeness (QED) is 0.872. The Morgan fingerprint density at radius 1 is 1.26 bits per heavy atom. The van der Waals surface area contributed by atoms with Crippen LogP contribution in [0.1, 0.15) is 37.0 Å². The molecule has 0 radical (unpaired) electrons. The molecule has 0 aromatic heterocycles. The van der Waals surface area contributed by atoms with Gasteiger partial charge in [0.25, 0.3) is 5.91 Å². The van der Waals surface area contributed by atoms with Gasteiger partial charge in [-0.2, -0.15) is 0 Å². The van der Waals surface area contributed by atoms with Crippen LogP contribution in [-0.2, 0) is 0 Å². The van der Waals surface area contributed by atoms with Crippen molar-refractivity contribution in [3.05, 3.63) is 33.8 Å². The first-order chi connectivity index (χ1) is 9.06. The molecule has 0 fully saturated rings. The third-order valence-electron chi connectivity index (χ3n) is 3.16. The maximum Gasteiger partial charge on any atom is 0.257 e. The van der Waals surface area contributed by atoms with Crippen molar-refractivity contribution in [2.45, 2.75) is 32.7 Å². The molecule has 106 valence electrons. The van der Waals surface area contributed by atoms with Crippen LogP contribution in [0.3, 0.4) is 0 Å². The smallest absolute Gasteiger partial charge is 0.257 e. The molecule has 0 bridgehead atoms. The maximum atomic E-state index is 12.6. The van der Waals surface area contributed by atoms with Gasteiger partial charge in [-0.05, 0) is 25.0 Å². The first kappa shape index (κ1) is 16.3. The Bertz CT molecular complexity index is 413. The number of carbonyl (C=O) groups is 1. The average molecular weight is 304 g/mol. The fraction of sp³-hybridized carbons (Fsp3) is 0.500. The molecule has 0 saturated carbocycles. The van der Waals surface area contributed by atoms with Gasteiger partial charge in [-0.1, -0.05) is 43.1 Å². The standard InChI is InChI=1S/C14H19Cl2NO2/c1-3-10(4-2)17(8-9-18)14(19)13-11(15)6-5-7-12(13)16/h5-7,10,18H,3-4,8-9H2,1-2H3. The number of rotatable bonds is 6. The van der Waals surface area contributed by atoms with E-state index in [9.17, 15) is 4.79 Å². The first-order valence-corrected chi connectivity index (χ1v) is 7.18. The zero-order chi connectivity index (χ0) is 14.4. The maximum absolute atomic E-state index is 12.6. The Morgan fingerprint density at radius 3 is 2.21 bits per heavy atom. The molecular formula is C14H19Cl2NO2. The highest BCUT2D eigenvalue weighted by molar-refractivity contribution is 6.39. The van der Waals surface area contributed by atoms with E-state index in [-0.39, 0.29) is 25.1 Å². The normalized spacial score (nSPS) is 10.8. The van der Waals surface area contributed by atoms with Gasteiger partial charge in [0.1, 0.15) is 0 Å². The van der Waals surface area contributed by atoms with Gasteiger partial charge in [-0.15, -0.1) is 0 Å². The van der Waals surface area contributed by atoms with Gasteiger partial charge in [0.2, 0.25) is 0 Å². The van der Waals surface area contributed by atoms with Crippen molar-refractivity contribution < 1.29 is 9.90 Å². The summed E-state index contributed by atoms with van der Waals surface area (Å²) in [6, 6.07) is 5.07. The van der Waals surface area contributed by atoms with Crippen LogP contribution in [0.15, 0.2) is 18.2 Å². The number of halogens is 2. The Labute approximate surface area is 124 Å². The van der Waals surface area contributed by atoms with Crippen molar-refractivity contribution in [1.82, 2.24) is 4.90 Å². The van der Waals surface area contributed by atoms with Gasteiger partial charge in [-0.25, -0.2) is 0 Å². The third kappa shape index (κ3) is 3.85. The van der Waals surface area contributed by atoms with Crippen LogP contribution in [0.4, 0.5) is 0 Å². The number of nitrogens with zero attached hydrogens (tertiary/aromatic N) is 1. The van der Waals surface area contributed by atoms with E-state index in [2.05, 4.69) is 0 Å². The SMILES string of the molecule is CCC(CC)N(CCO)C(=O)c1c(Cl)cccc1Cl. The average Bonchev–Trinajstić information content (AvgIpc) is 2.38. The molecule has 0 spiro atoms. The van der Waals surface area contributed by atoms with Crippen molar-refractivity contribution in [3.63, 3.8) is 0 Å². The zero-order valence-corrected chi connectivity index (χ0v) is 12.7. The number of aliphatic hydroxyl groups excluding tert-OH is 1. The Hall–Kier alpha value is -0.770. The predicted molar refractivity (Wildman–Crippen MR) is 79.0 cm³/mol. The summed E-state index contributed by atoms with van der Waals surface area (Å²) in [6.07, 6.45) is 1.65. The van der Waals surface area contributed by atoms with E-state index in [0.717, 1.165) is 12.8 Å². The first-order valence-electron chi connectivity index (χ1n) is 6.42. The minimum atomic E-state index is -0.224. The van der Waals surface area contributed by atoms with Gasteiger partial charge >= 0.3 is 0 Å². The van der Waals surface area contributed by atoms with E-state index in [1.807, 2.05) is 13.8 Å². The molecule has 0 heterocycles. The Morgan fingerprint density at radius 2 is 1.79 bits per heavy atom. The molecule has 1 N–H and O–H groups in total. The number of hydrogen-bond acceptors (Lipinski definition) is 2. The Kier molecular flexibility index (Phi) is 6.63. The zero-order valence-electron chi connectivity index (χ0n) is 11.2. The lowest BCUT2D eigenvalue weighted by Crippen LogP contribution is -2.41. The van der Waals surface area contributed by atoms with E-state index in [1.165, 1.54) is 0 Å². The highest BCUT2D eigenvalue weighted by atomic mass is 35.5. The Balaban J connectivity index is 3.12. The fourth-order valence-electron chi connectivity index (χ4n) is 2.13. The lowest BCUT2D eigenvalue weighted by Gasteiger charge is -2.30. The third-order valence-corrected chi connectivity index (χ3v) is 3.79. The molecule has 1 aromatic rings. The number of hydrogen-bond donors (Lipinski definition) is 1. The van der Waals surface area contributed by atoms with Crippen molar-refractivity contribution >= 4 is 29.1 Å². The summed E-state index contributed by atoms with van der Waals surface area (Å²) in [4.78, 5) is 14.2. The molecule has 0 aliphatic heterocycles. The molecule has 3 nitrogen and oxygen atoms in total. The molecule has 19 heavy (non-hydrogen) atoms. The van der Waals surface area contributed by atoms with E-state index >= 15 is 0 Å². The second-order valence-corrected chi connectivity index (χ2v) is 5.10. The van der Waals surface area contributed by atoms with Gasteiger partial charge in [0.05, 0.1) is 22.2 Å². The number of carbonyl (C=O) groups excluding carboxylic acids is 1. The molecule has 1 amide bonds. The number of benzene rings is 1. The van der Waals surface area contributed by atoms with Crippen LogP contribution < -0.4 is 0 Å². The van der Waals surface area contributed by atoms with Gasteiger partial charge in [0, 0.05) is 12.6 Å². The molecule has 0 atom stereocenters. The predicted octanol–water partition coefficient (Wildman–Crippen LogP) is 3.62. The number of amides is 1. The second kappa shape index (κ2) is 7.73. The summed E-state index contributed by atoms with van der Waals surface area (Å²) in [5, 5.41) is 9.83.